The van der Waals surface area contributed by atoms with E-state index in [4.69, 9.17) is 4.74 Å². The number of rotatable bonds is 6. The van der Waals surface area contributed by atoms with Crippen LogP contribution in [0.1, 0.15) is 24.1 Å². The van der Waals surface area contributed by atoms with Crippen molar-refractivity contribution in [3.05, 3.63) is 83.6 Å². The van der Waals surface area contributed by atoms with E-state index in [0.717, 1.165) is 11.3 Å². The van der Waals surface area contributed by atoms with Gasteiger partial charge >= 0.3 is 5.97 Å². The largest absolute Gasteiger partial charge is 0.466 e. The third kappa shape index (κ3) is 4.77. The van der Waals surface area contributed by atoms with Crippen LogP contribution in [0.4, 0.5) is 0 Å². The van der Waals surface area contributed by atoms with Crippen molar-refractivity contribution < 1.29 is 9.53 Å². The monoisotopic (exact) mass is 295 g/mol. The second-order valence-corrected chi connectivity index (χ2v) is 5.13. The Morgan fingerprint density at radius 1 is 1.09 bits per heavy atom. The lowest BCUT2D eigenvalue weighted by Crippen LogP contribution is -2.21. The van der Waals surface area contributed by atoms with Gasteiger partial charge in [0.1, 0.15) is 0 Å². The molecule has 2 rings (SSSR count). The van der Waals surface area contributed by atoms with Crippen LogP contribution in [0, 0.1) is 0 Å². The molecule has 2 aromatic rings. The molecule has 0 heterocycles. The Labute approximate surface area is 131 Å². The van der Waals surface area contributed by atoms with E-state index in [2.05, 4.69) is 24.4 Å². The summed E-state index contributed by atoms with van der Waals surface area (Å²) in [5, 5.41) is 3.41. The third-order valence-electron chi connectivity index (χ3n) is 3.43. The molecule has 0 spiro atoms. The van der Waals surface area contributed by atoms with Crippen molar-refractivity contribution in [2.24, 2.45) is 0 Å². The lowest BCUT2D eigenvalue weighted by molar-refractivity contribution is -0.134. The zero-order chi connectivity index (χ0) is 15.8. The molecule has 3 heteroatoms. The van der Waals surface area contributed by atoms with Crippen LogP contribution in [0.5, 0.6) is 0 Å². The minimum atomic E-state index is -0.348. The first-order valence-corrected chi connectivity index (χ1v) is 7.33. The third-order valence-corrected chi connectivity index (χ3v) is 3.43. The van der Waals surface area contributed by atoms with Crippen molar-refractivity contribution in [2.45, 2.75) is 19.4 Å². The molecule has 3 nitrogen and oxygen atoms in total. The van der Waals surface area contributed by atoms with Crippen LogP contribution >= 0.6 is 0 Å². The number of benzene rings is 2. The Balaban J connectivity index is 2.14. The van der Waals surface area contributed by atoms with Gasteiger partial charge in [-0.25, -0.2) is 4.79 Å². The number of methoxy groups -OCH3 is 1. The van der Waals surface area contributed by atoms with Crippen LogP contribution in [-0.2, 0) is 16.0 Å². The van der Waals surface area contributed by atoms with Crippen LogP contribution < -0.4 is 5.32 Å². The molecule has 0 aliphatic heterocycles. The number of esters is 1. The maximum absolute atomic E-state index is 11.6. The fraction of sp³-hybridized carbons (Fsp3) is 0.211. The Morgan fingerprint density at radius 3 is 2.27 bits per heavy atom. The van der Waals surface area contributed by atoms with Gasteiger partial charge in [-0.05, 0) is 18.1 Å². The fourth-order valence-electron chi connectivity index (χ4n) is 2.26. The average molecular weight is 295 g/mol. The number of hydrogen-bond donors (Lipinski definition) is 1. The zero-order valence-electron chi connectivity index (χ0n) is 13.0. The van der Waals surface area contributed by atoms with Gasteiger partial charge in [-0.2, -0.15) is 0 Å². The fourth-order valence-corrected chi connectivity index (χ4v) is 2.26. The van der Waals surface area contributed by atoms with Crippen molar-refractivity contribution >= 4 is 5.97 Å². The molecule has 2 aromatic carbocycles. The molecular weight excluding hydrogens is 274 g/mol. The number of ether oxygens (including phenoxy) is 1. The molecule has 1 atom stereocenters. The summed E-state index contributed by atoms with van der Waals surface area (Å²) in [6, 6.07) is 20.3. The molecule has 0 bridgehead atoms. The molecule has 22 heavy (non-hydrogen) atoms. The van der Waals surface area contributed by atoms with E-state index in [1.807, 2.05) is 48.5 Å². The van der Waals surface area contributed by atoms with Gasteiger partial charge in [0.05, 0.1) is 7.11 Å². The summed E-state index contributed by atoms with van der Waals surface area (Å²) in [5.74, 6) is -0.348. The smallest absolute Gasteiger partial charge is 0.332 e. The average Bonchev–Trinajstić information content (AvgIpc) is 2.56. The molecule has 0 saturated carbocycles. The Kier molecular flexibility index (Phi) is 5.78. The second kappa shape index (κ2) is 8.03. The lowest BCUT2D eigenvalue weighted by atomic mass is 10.1. The summed E-state index contributed by atoms with van der Waals surface area (Å²) in [6.07, 6.45) is 2.18. The summed E-state index contributed by atoms with van der Waals surface area (Å²) in [5.41, 5.74) is 3.16. The van der Waals surface area contributed by atoms with E-state index in [1.165, 1.54) is 18.7 Å². The van der Waals surface area contributed by atoms with Crippen molar-refractivity contribution in [1.29, 1.82) is 0 Å². The van der Waals surface area contributed by atoms with Crippen LogP contribution in [-0.4, -0.2) is 13.1 Å². The predicted molar refractivity (Wildman–Crippen MR) is 88.2 cm³/mol. The topological polar surface area (TPSA) is 38.3 Å². The van der Waals surface area contributed by atoms with E-state index < -0.39 is 0 Å². The van der Waals surface area contributed by atoms with Crippen molar-refractivity contribution in [3.63, 3.8) is 0 Å². The van der Waals surface area contributed by atoms with E-state index in [-0.39, 0.29) is 12.0 Å². The van der Waals surface area contributed by atoms with Crippen LogP contribution in [0.15, 0.2) is 72.4 Å². The summed E-state index contributed by atoms with van der Waals surface area (Å²) < 4.78 is 4.75. The molecule has 0 saturated heterocycles. The van der Waals surface area contributed by atoms with Gasteiger partial charge in [0, 0.05) is 24.2 Å². The van der Waals surface area contributed by atoms with Crippen molar-refractivity contribution in [1.82, 2.24) is 5.32 Å². The minimum absolute atomic E-state index is 0.112. The van der Waals surface area contributed by atoms with Crippen LogP contribution in [0.2, 0.25) is 0 Å². The normalized spacial score (nSPS) is 12.5. The van der Waals surface area contributed by atoms with Gasteiger partial charge in [0.2, 0.25) is 0 Å². The van der Waals surface area contributed by atoms with Gasteiger partial charge in [0.25, 0.3) is 0 Å². The molecule has 114 valence electrons. The Morgan fingerprint density at radius 2 is 1.68 bits per heavy atom. The van der Waals surface area contributed by atoms with E-state index in [1.54, 1.807) is 0 Å². The number of allylic oxidation sites excluding steroid dienone is 1. The number of nitrogens with one attached hydrogen (secondary N) is 1. The SMILES string of the molecule is COC(=O)/C=C(/Cc1ccccc1)N[C@H](C)c1ccccc1. The predicted octanol–water partition coefficient (Wildman–Crippen LogP) is 3.64. The molecule has 0 radical (unpaired) electrons. The van der Waals surface area contributed by atoms with Gasteiger partial charge in [-0.1, -0.05) is 60.7 Å². The summed E-state index contributed by atoms with van der Waals surface area (Å²) >= 11 is 0. The highest BCUT2D eigenvalue weighted by atomic mass is 16.5. The Hall–Kier alpha value is -2.55. The summed E-state index contributed by atoms with van der Waals surface area (Å²) in [7, 11) is 1.39. The maximum atomic E-state index is 11.6. The van der Waals surface area contributed by atoms with Crippen molar-refractivity contribution in [2.75, 3.05) is 7.11 Å². The van der Waals surface area contributed by atoms with Crippen LogP contribution in [0.25, 0.3) is 0 Å². The quantitative estimate of drug-likeness (QED) is 0.653. The number of carbonyl (C=O) groups excluding carboxylic acids is 1. The van der Waals surface area contributed by atoms with Gasteiger partial charge < -0.3 is 10.1 Å². The maximum Gasteiger partial charge on any atom is 0.332 e. The first-order valence-electron chi connectivity index (χ1n) is 7.33. The molecule has 0 unspecified atom stereocenters. The van der Waals surface area contributed by atoms with Crippen molar-refractivity contribution in [3.8, 4) is 0 Å². The summed E-state index contributed by atoms with van der Waals surface area (Å²) in [4.78, 5) is 11.6. The minimum Gasteiger partial charge on any atom is -0.466 e. The molecule has 1 N–H and O–H groups in total. The highest BCUT2D eigenvalue weighted by Gasteiger charge is 2.09. The van der Waals surface area contributed by atoms with E-state index >= 15 is 0 Å². The van der Waals surface area contributed by atoms with Gasteiger partial charge in [0.15, 0.2) is 0 Å². The van der Waals surface area contributed by atoms with E-state index in [9.17, 15) is 4.79 Å². The molecule has 0 aliphatic carbocycles. The number of carbonyl (C=O) groups is 1. The molecule has 0 amide bonds. The lowest BCUT2D eigenvalue weighted by Gasteiger charge is -2.18. The first-order chi connectivity index (χ1) is 10.7. The second-order valence-electron chi connectivity index (χ2n) is 5.13. The van der Waals surface area contributed by atoms with Gasteiger partial charge in [-0.15, -0.1) is 0 Å². The standard InChI is InChI=1S/C19H21NO2/c1-15(17-11-7-4-8-12-17)20-18(14-19(21)22-2)13-16-9-5-3-6-10-16/h3-12,14-15,20H,13H2,1-2H3/b18-14-/t15-/m1/s1. The molecule has 0 fully saturated rings. The molecular formula is C19H21NO2. The van der Waals surface area contributed by atoms with Gasteiger partial charge in [-0.3, -0.25) is 0 Å². The molecule has 0 aromatic heterocycles. The highest BCUT2D eigenvalue weighted by molar-refractivity contribution is 5.82. The van der Waals surface area contributed by atoms with E-state index in [0.29, 0.717) is 6.42 Å². The van der Waals surface area contributed by atoms with Crippen LogP contribution in [0.3, 0.4) is 0 Å². The summed E-state index contributed by atoms with van der Waals surface area (Å²) in [6.45, 7) is 2.07. The first kappa shape index (κ1) is 15.8. The Bertz CT molecular complexity index is 620. The molecule has 0 aliphatic rings. The highest BCUT2D eigenvalue weighted by Crippen LogP contribution is 2.15. The number of hydrogen-bond acceptors (Lipinski definition) is 3. The zero-order valence-corrected chi connectivity index (χ0v) is 13.0.